The van der Waals surface area contributed by atoms with E-state index in [1.807, 2.05) is 42.5 Å². The number of ether oxygens (including phenoxy) is 1. The van der Waals surface area contributed by atoms with Gasteiger partial charge in [0, 0.05) is 11.6 Å². The monoisotopic (exact) mass is 266 g/mol. The van der Waals surface area contributed by atoms with E-state index in [4.69, 9.17) is 4.74 Å². The van der Waals surface area contributed by atoms with Crippen LogP contribution < -0.4 is 10.1 Å². The van der Waals surface area contributed by atoms with Crippen LogP contribution in [0.1, 0.15) is 18.1 Å². The minimum atomic E-state index is 0.430. The molecule has 0 bridgehead atoms. The molecule has 0 radical (unpaired) electrons. The van der Waals surface area contributed by atoms with Gasteiger partial charge in [-0.25, -0.2) is 0 Å². The summed E-state index contributed by atoms with van der Waals surface area (Å²) in [6.45, 7) is 3.58. The molecule has 2 aromatic carbocycles. The average Bonchev–Trinajstić information content (AvgIpc) is 2.93. The molecule has 3 heteroatoms. The summed E-state index contributed by atoms with van der Waals surface area (Å²) < 4.78 is 5.77. The van der Waals surface area contributed by atoms with Crippen LogP contribution in [0.4, 0.5) is 0 Å². The van der Waals surface area contributed by atoms with Gasteiger partial charge in [0.2, 0.25) is 0 Å². The smallest absolute Gasteiger partial charge is 0.128 e. The van der Waals surface area contributed by atoms with Crippen molar-refractivity contribution in [1.82, 2.24) is 5.32 Å². The third-order valence-electron chi connectivity index (χ3n) is 3.28. The number of nitrogens with one attached hydrogen (secondary N) is 1. The summed E-state index contributed by atoms with van der Waals surface area (Å²) in [6, 6.07) is 18.7. The Hall–Kier alpha value is -2.29. The standard InChI is InChI=1S/C17H18N2O/c1-13-11-18-17(19-13)15-7-9-16(10-8-15)20-12-14-5-3-2-4-6-14/h2-10,13H,11-12H2,1H3,(H,18,19). The molecule has 1 atom stereocenters. The first-order chi connectivity index (χ1) is 9.81. The number of rotatable bonds is 4. The lowest BCUT2D eigenvalue weighted by atomic mass is 10.2. The second-order valence-corrected chi connectivity index (χ2v) is 5.03. The molecule has 1 heterocycles. The summed E-state index contributed by atoms with van der Waals surface area (Å²) in [5.41, 5.74) is 2.29. The number of amidine groups is 1. The Balaban J connectivity index is 1.62. The Morgan fingerprint density at radius 1 is 1.10 bits per heavy atom. The second kappa shape index (κ2) is 5.78. The van der Waals surface area contributed by atoms with E-state index in [0.717, 1.165) is 23.7 Å². The van der Waals surface area contributed by atoms with Crippen LogP contribution in [0.25, 0.3) is 0 Å². The molecule has 2 aromatic rings. The molecule has 3 rings (SSSR count). The van der Waals surface area contributed by atoms with E-state index in [-0.39, 0.29) is 0 Å². The number of nitrogens with zero attached hydrogens (tertiary/aromatic N) is 1. The summed E-state index contributed by atoms with van der Waals surface area (Å²) >= 11 is 0. The van der Waals surface area contributed by atoms with Gasteiger partial charge in [0.25, 0.3) is 0 Å². The van der Waals surface area contributed by atoms with Crippen molar-refractivity contribution in [2.75, 3.05) is 6.54 Å². The predicted molar refractivity (Wildman–Crippen MR) is 81.2 cm³/mol. The molecule has 0 spiro atoms. The van der Waals surface area contributed by atoms with Crippen LogP contribution in [0.3, 0.4) is 0 Å². The molecule has 0 saturated heterocycles. The predicted octanol–water partition coefficient (Wildman–Crippen LogP) is 3.00. The molecule has 3 nitrogen and oxygen atoms in total. The number of aliphatic imine (C=N–C) groups is 1. The SMILES string of the molecule is CC1CN=C(c2ccc(OCc3ccccc3)cc2)N1. The van der Waals surface area contributed by atoms with Crippen molar-refractivity contribution in [3.05, 3.63) is 65.7 Å². The topological polar surface area (TPSA) is 33.6 Å². The van der Waals surface area contributed by atoms with Crippen LogP contribution in [0, 0.1) is 0 Å². The summed E-state index contributed by atoms with van der Waals surface area (Å²) in [5.74, 6) is 1.86. The molecule has 1 N–H and O–H groups in total. The zero-order valence-corrected chi connectivity index (χ0v) is 11.5. The van der Waals surface area contributed by atoms with Gasteiger partial charge in [0.15, 0.2) is 0 Å². The lowest BCUT2D eigenvalue weighted by Crippen LogP contribution is -2.27. The molecule has 0 aromatic heterocycles. The quantitative estimate of drug-likeness (QED) is 0.923. The zero-order chi connectivity index (χ0) is 13.8. The number of benzene rings is 2. The van der Waals surface area contributed by atoms with Gasteiger partial charge in [-0.2, -0.15) is 0 Å². The Labute approximate surface area is 119 Å². The van der Waals surface area contributed by atoms with Crippen molar-refractivity contribution < 1.29 is 4.74 Å². The van der Waals surface area contributed by atoms with Crippen LogP contribution in [-0.4, -0.2) is 18.4 Å². The lowest BCUT2D eigenvalue weighted by molar-refractivity contribution is 0.306. The summed E-state index contributed by atoms with van der Waals surface area (Å²) in [5, 5.41) is 3.36. The average molecular weight is 266 g/mol. The van der Waals surface area contributed by atoms with Gasteiger partial charge in [-0.15, -0.1) is 0 Å². The van der Waals surface area contributed by atoms with E-state index in [0.29, 0.717) is 12.6 Å². The Kier molecular flexibility index (Phi) is 3.68. The maximum Gasteiger partial charge on any atom is 0.128 e. The molecule has 0 amide bonds. The first-order valence-electron chi connectivity index (χ1n) is 6.89. The molecule has 1 aliphatic rings. The van der Waals surface area contributed by atoms with E-state index in [2.05, 4.69) is 29.4 Å². The normalized spacial score (nSPS) is 17.4. The van der Waals surface area contributed by atoms with Crippen molar-refractivity contribution in [1.29, 1.82) is 0 Å². The minimum absolute atomic E-state index is 0.430. The van der Waals surface area contributed by atoms with Crippen molar-refractivity contribution in [2.24, 2.45) is 4.99 Å². The Morgan fingerprint density at radius 2 is 1.85 bits per heavy atom. The first kappa shape index (κ1) is 12.7. The van der Waals surface area contributed by atoms with Gasteiger partial charge in [0.05, 0.1) is 6.54 Å². The molecule has 0 saturated carbocycles. The largest absolute Gasteiger partial charge is 0.489 e. The van der Waals surface area contributed by atoms with Gasteiger partial charge >= 0.3 is 0 Å². The highest BCUT2D eigenvalue weighted by molar-refractivity contribution is 6.00. The van der Waals surface area contributed by atoms with E-state index < -0.39 is 0 Å². The van der Waals surface area contributed by atoms with Crippen LogP contribution in [-0.2, 0) is 6.61 Å². The molecule has 1 unspecified atom stereocenters. The van der Waals surface area contributed by atoms with E-state index in [1.165, 1.54) is 5.56 Å². The van der Waals surface area contributed by atoms with Gasteiger partial charge in [-0.05, 0) is 36.8 Å². The highest BCUT2D eigenvalue weighted by Crippen LogP contribution is 2.15. The van der Waals surface area contributed by atoms with Crippen molar-refractivity contribution in [2.45, 2.75) is 19.6 Å². The van der Waals surface area contributed by atoms with Crippen LogP contribution in [0.2, 0.25) is 0 Å². The van der Waals surface area contributed by atoms with Crippen molar-refractivity contribution in [3.63, 3.8) is 0 Å². The molecule has 20 heavy (non-hydrogen) atoms. The Bertz CT molecular complexity index is 590. The lowest BCUT2D eigenvalue weighted by Gasteiger charge is -2.08. The maximum atomic E-state index is 5.77. The highest BCUT2D eigenvalue weighted by atomic mass is 16.5. The summed E-state index contributed by atoms with van der Waals surface area (Å²) in [7, 11) is 0. The third-order valence-corrected chi connectivity index (χ3v) is 3.28. The second-order valence-electron chi connectivity index (χ2n) is 5.03. The molecule has 102 valence electrons. The van der Waals surface area contributed by atoms with Crippen molar-refractivity contribution >= 4 is 5.84 Å². The third kappa shape index (κ3) is 2.99. The molecule has 0 aliphatic carbocycles. The van der Waals surface area contributed by atoms with E-state index in [1.54, 1.807) is 0 Å². The van der Waals surface area contributed by atoms with E-state index >= 15 is 0 Å². The molecule has 0 fully saturated rings. The fraction of sp³-hybridized carbons (Fsp3) is 0.235. The van der Waals surface area contributed by atoms with Gasteiger partial charge in [-0.1, -0.05) is 30.3 Å². The highest BCUT2D eigenvalue weighted by Gasteiger charge is 2.13. The summed E-state index contributed by atoms with van der Waals surface area (Å²) in [4.78, 5) is 4.47. The number of hydrogen-bond acceptors (Lipinski definition) is 3. The fourth-order valence-corrected chi connectivity index (χ4v) is 2.18. The number of hydrogen-bond donors (Lipinski definition) is 1. The minimum Gasteiger partial charge on any atom is -0.489 e. The van der Waals surface area contributed by atoms with Crippen molar-refractivity contribution in [3.8, 4) is 5.75 Å². The van der Waals surface area contributed by atoms with E-state index in [9.17, 15) is 0 Å². The summed E-state index contributed by atoms with van der Waals surface area (Å²) in [6.07, 6.45) is 0. The van der Waals surface area contributed by atoms with Crippen LogP contribution in [0.5, 0.6) is 5.75 Å². The van der Waals surface area contributed by atoms with Gasteiger partial charge < -0.3 is 10.1 Å². The molecule has 1 aliphatic heterocycles. The van der Waals surface area contributed by atoms with Crippen LogP contribution in [0.15, 0.2) is 59.6 Å². The van der Waals surface area contributed by atoms with Crippen LogP contribution >= 0.6 is 0 Å². The molecular formula is C17H18N2O. The molecular weight excluding hydrogens is 248 g/mol. The van der Waals surface area contributed by atoms with Gasteiger partial charge in [0.1, 0.15) is 18.2 Å². The maximum absolute atomic E-state index is 5.77. The first-order valence-corrected chi connectivity index (χ1v) is 6.89. The van der Waals surface area contributed by atoms with Gasteiger partial charge in [-0.3, -0.25) is 4.99 Å². The fourth-order valence-electron chi connectivity index (χ4n) is 2.18. The Morgan fingerprint density at radius 3 is 2.50 bits per heavy atom. The zero-order valence-electron chi connectivity index (χ0n) is 11.5.